The Labute approximate surface area is 229 Å². The topological polar surface area (TPSA) is 101 Å². The summed E-state index contributed by atoms with van der Waals surface area (Å²) in [6.45, 7) is 2.38. The van der Waals surface area contributed by atoms with Crippen LogP contribution in [0.5, 0.6) is 0 Å². The largest absolute Gasteiger partial charge is 0.466 e. The first-order chi connectivity index (χ1) is 18.1. The highest BCUT2D eigenvalue weighted by Gasteiger charge is 2.39. The molecule has 1 aromatic carbocycles. The number of thiazole rings is 1. The number of aromatic nitrogens is 1. The molecule has 1 atom stereocenters. The van der Waals surface area contributed by atoms with Crippen LogP contribution in [0.1, 0.15) is 55.6 Å². The molecule has 1 aliphatic heterocycles. The first-order valence-electron chi connectivity index (χ1n) is 12.2. The number of amidine groups is 1. The lowest BCUT2D eigenvalue weighted by molar-refractivity contribution is -0.136. The lowest BCUT2D eigenvalue weighted by atomic mass is 9.80. The van der Waals surface area contributed by atoms with Crippen LogP contribution < -0.4 is 5.32 Å². The summed E-state index contributed by atoms with van der Waals surface area (Å²) in [7, 11) is -2.13. The first-order valence-corrected chi connectivity index (χ1v) is 15.3. The molecule has 0 bridgehead atoms. The SMILES string of the molecule is CCCN([C@H]1CC[C@H](C2=C(C(=O)OC)C(c3ccc(F)c(F)c3Cl)N=C(c3nccs3)N2)CC1)S(C)(=O)=O. The van der Waals surface area contributed by atoms with Gasteiger partial charge in [-0.05, 0) is 44.1 Å². The van der Waals surface area contributed by atoms with Crippen LogP contribution in [0.4, 0.5) is 8.78 Å². The molecule has 206 valence electrons. The van der Waals surface area contributed by atoms with Gasteiger partial charge in [0.25, 0.3) is 0 Å². The number of ether oxygens (including phenoxy) is 1. The van der Waals surface area contributed by atoms with Crippen molar-refractivity contribution < 1.29 is 26.7 Å². The summed E-state index contributed by atoms with van der Waals surface area (Å²) in [4.78, 5) is 22.1. The van der Waals surface area contributed by atoms with E-state index in [4.69, 9.17) is 16.3 Å². The second-order valence-electron chi connectivity index (χ2n) is 9.31. The van der Waals surface area contributed by atoms with E-state index in [2.05, 4.69) is 15.3 Å². The molecule has 8 nitrogen and oxygen atoms in total. The van der Waals surface area contributed by atoms with E-state index < -0.39 is 38.7 Å². The highest BCUT2D eigenvalue weighted by Crippen LogP contribution is 2.42. The molecule has 0 saturated heterocycles. The van der Waals surface area contributed by atoms with Crippen LogP contribution in [0.15, 0.2) is 40.0 Å². The standard InChI is InChI=1S/C25H29ClF2N4O4S2/c1-4-12-32(38(3,34)35)15-7-5-14(6-8-15)21-18(25(33)36-2)22(16-9-10-17(27)20(28)19(16)26)31-23(30-21)24-29-11-13-37-24/h9-11,13-15,22H,4-8,12H2,1-3H3,(H,30,31)/t14-,15-,22?. The maximum atomic E-state index is 14.5. The number of rotatable bonds is 8. The summed E-state index contributed by atoms with van der Waals surface area (Å²) in [5.41, 5.74) is 0.819. The minimum Gasteiger partial charge on any atom is -0.466 e. The van der Waals surface area contributed by atoms with Gasteiger partial charge in [-0.15, -0.1) is 11.3 Å². The number of methoxy groups -OCH3 is 1. The molecule has 1 fully saturated rings. The monoisotopic (exact) mass is 586 g/mol. The van der Waals surface area contributed by atoms with E-state index in [-0.39, 0.29) is 23.1 Å². The number of carbonyl (C=O) groups is 1. The minimum atomic E-state index is -3.37. The van der Waals surface area contributed by atoms with Gasteiger partial charge in [0.15, 0.2) is 22.5 Å². The van der Waals surface area contributed by atoms with E-state index in [1.165, 1.54) is 30.8 Å². The van der Waals surface area contributed by atoms with Gasteiger partial charge in [-0.25, -0.2) is 27.0 Å². The molecular formula is C25H29ClF2N4O4S2. The molecule has 2 aromatic rings. The molecule has 4 rings (SSSR count). The lowest BCUT2D eigenvalue weighted by Crippen LogP contribution is -2.44. The number of carbonyl (C=O) groups excluding carboxylic acids is 1. The van der Waals surface area contributed by atoms with Crippen LogP contribution in [0.3, 0.4) is 0 Å². The van der Waals surface area contributed by atoms with Gasteiger partial charge in [0, 0.05) is 35.4 Å². The van der Waals surface area contributed by atoms with Gasteiger partial charge < -0.3 is 10.1 Å². The number of nitrogens with one attached hydrogen (secondary N) is 1. The number of allylic oxidation sites excluding steroid dienone is 1. The van der Waals surface area contributed by atoms with Crippen molar-refractivity contribution in [1.82, 2.24) is 14.6 Å². The molecule has 0 spiro atoms. The zero-order valence-corrected chi connectivity index (χ0v) is 23.6. The number of halogens is 3. The fraction of sp³-hybridized carbons (Fsp3) is 0.480. The van der Waals surface area contributed by atoms with Crippen LogP contribution in [0.25, 0.3) is 0 Å². The highest BCUT2D eigenvalue weighted by molar-refractivity contribution is 7.88. The Kier molecular flexibility index (Phi) is 8.85. The molecule has 1 aliphatic carbocycles. The Bertz CT molecular complexity index is 1360. The van der Waals surface area contributed by atoms with E-state index in [0.717, 1.165) is 6.07 Å². The van der Waals surface area contributed by atoms with E-state index in [1.54, 1.807) is 15.9 Å². The molecular weight excluding hydrogens is 558 g/mol. The van der Waals surface area contributed by atoms with Gasteiger partial charge in [0.1, 0.15) is 6.04 Å². The lowest BCUT2D eigenvalue weighted by Gasteiger charge is -2.38. The number of benzene rings is 1. The van der Waals surface area contributed by atoms with Crippen LogP contribution in [-0.4, -0.2) is 55.5 Å². The Morgan fingerprint density at radius 2 is 1.97 bits per heavy atom. The Hall–Kier alpha value is -2.41. The second kappa shape index (κ2) is 11.8. The molecule has 1 N–H and O–H groups in total. The predicted molar refractivity (Wildman–Crippen MR) is 143 cm³/mol. The summed E-state index contributed by atoms with van der Waals surface area (Å²) < 4.78 is 59.8. The van der Waals surface area contributed by atoms with E-state index in [9.17, 15) is 22.0 Å². The first kappa shape index (κ1) is 28.6. The van der Waals surface area contributed by atoms with Crippen LogP contribution >= 0.6 is 22.9 Å². The van der Waals surface area contributed by atoms with Crippen molar-refractivity contribution in [3.05, 3.63) is 62.2 Å². The third kappa shape index (κ3) is 5.78. The molecule has 0 amide bonds. The quantitative estimate of drug-likeness (QED) is 0.351. The van der Waals surface area contributed by atoms with Crippen molar-refractivity contribution in [2.24, 2.45) is 10.9 Å². The molecule has 0 radical (unpaired) electrons. The van der Waals surface area contributed by atoms with Gasteiger partial charge in [0.05, 0.1) is 24.0 Å². The Morgan fingerprint density at radius 3 is 2.55 bits per heavy atom. The maximum absolute atomic E-state index is 14.5. The second-order valence-corrected chi connectivity index (χ2v) is 12.5. The number of nitrogens with zero attached hydrogens (tertiary/aromatic N) is 3. The fourth-order valence-corrected chi connectivity index (χ4v) is 7.25. The summed E-state index contributed by atoms with van der Waals surface area (Å²) in [5, 5.41) is 5.13. The summed E-state index contributed by atoms with van der Waals surface area (Å²) in [6, 6.07) is 1.05. The fourth-order valence-electron chi connectivity index (χ4n) is 5.14. The van der Waals surface area contributed by atoms with E-state index in [0.29, 0.717) is 55.2 Å². The van der Waals surface area contributed by atoms with E-state index in [1.807, 2.05) is 6.92 Å². The number of sulfonamides is 1. The smallest absolute Gasteiger partial charge is 0.338 e. The van der Waals surface area contributed by atoms with E-state index >= 15 is 0 Å². The van der Waals surface area contributed by atoms with Gasteiger partial charge in [-0.2, -0.15) is 4.31 Å². The van der Waals surface area contributed by atoms with Gasteiger partial charge in [0.2, 0.25) is 10.0 Å². The molecule has 38 heavy (non-hydrogen) atoms. The maximum Gasteiger partial charge on any atom is 0.338 e. The predicted octanol–water partition coefficient (Wildman–Crippen LogP) is 4.82. The molecule has 2 aliphatic rings. The summed E-state index contributed by atoms with van der Waals surface area (Å²) >= 11 is 7.55. The summed E-state index contributed by atoms with van der Waals surface area (Å²) in [5.74, 6) is -2.80. The van der Waals surface area contributed by atoms with Gasteiger partial charge in [-0.3, -0.25) is 4.99 Å². The van der Waals surface area contributed by atoms with Gasteiger partial charge >= 0.3 is 5.97 Å². The highest BCUT2D eigenvalue weighted by atomic mass is 35.5. The van der Waals surface area contributed by atoms with Crippen molar-refractivity contribution in [2.75, 3.05) is 19.9 Å². The number of aliphatic imine (C=N–C) groups is 1. The zero-order chi connectivity index (χ0) is 27.6. The van der Waals surface area contributed by atoms with Crippen LogP contribution in [0.2, 0.25) is 5.02 Å². The number of esters is 1. The number of hydrogen-bond acceptors (Lipinski definition) is 8. The van der Waals surface area contributed by atoms with Crippen molar-refractivity contribution in [3.8, 4) is 0 Å². The van der Waals surface area contributed by atoms with Crippen molar-refractivity contribution in [2.45, 2.75) is 51.1 Å². The van der Waals surface area contributed by atoms with Crippen molar-refractivity contribution in [1.29, 1.82) is 0 Å². The molecule has 1 aromatic heterocycles. The van der Waals surface area contributed by atoms with Crippen molar-refractivity contribution >= 4 is 44.8 Å². The third-order valence-corrected chi connectivity index (χ3v) is 9.35. The molecule has 1 unspecified atom stereocenters. The zero-order valence-electron chi connectivity index (χ0n) is 21.2. The average molecular weight is 587 g/mol. The Morgan fingerprint density at radius 1 is 1.26 bits per heavy atom. The van der Waals surface area contributed by atoms with Crippen LogP contribution in [-0.2, 0) is 19.6 Å². The Balaban J connectivity index is 1.76. The van der Waals surface area contributed by atoms with Crippen molar-refractivity contribution in [3.63, 3.8) is 0 Å². The average Bonchev–Trinajstić information content (AvgIpc) is 3.44. The summed E-state index contributed by atoms with van der Waals surface area (Å²) in [6.07, 6.45) is 5.91. The minimum absolute atomic E-state index is 0.124. The number of hydrogen-bond donors (Lipinski definition) is 1. The van der Waals surface area contributed by atoms with Crippen LogP contribution in [0, 0.1) is 17.6 Å². The molecule has 1 saturated carbocycles. The normalized spacial score (nSPS) is 22.3. The third-order valence-electron chi connectivity index (χ3n) is 6.86. The van der Waals surface area contributed by atoms with Gasteiger partial charge in [-0.1, -0.05) is 24.6 Å². The molecule has 13 heteroatoms. The molecule has 2 heterocycles.